The van der Waals surface area contributed by atoms with Gasteiger partial charge in [0, 0.05) is 6.04 Å². The highest BCUT2D eigenvalue weighted by Crippen LogP contribution is 2.33. The Morgan fingerprint density at radius 2 is 2.07 bits per heavy atom. The van der Waals surface area contributed by atoms with E-state index in [9.17, 15) is 0 Å². The molecule has 87 valence electrons. The Labute approximate surface area is 101 Å². The van der Waals surface area contributed by atoms with Crippen LogP contribution in [-0.4, -0.2) is 31.7 Å². The summed E-state index contributed by atoms with van der Waals surface area (Å²) < 4.78 is 5.76. The predicted molar refractivity (Wildman–Crippen MR) is 70.3 cm³/mol. The number of hydrogen-bond acceptors (Lipinski definition) is 2. The molecule has 1 unspecified atom stereocenters. The first-order valence-electron chi connectivity index (χ1n) is 5.55. The second-order valence-corrected chi connectivity index (χ2v) is 8.04. The zero-order valence-corrected chi connectivity index (χ0v) is 12.3. The van der Waals surface area contributed by atoms with Crippen LogP contribution in [0.3, 0.4) is 0 Å². The summed E-state index contributed by atoms with van der Waals surface area (Å²) in [6.45, 7) is 11.9. The molecule has 0 aromatic carbocycles. The van der Waals surface area contributed by atoms with Crippen LogP contribution in [0.1, 0.15) is 33.6 Å². The average molecular weight is 244 g/mol. The maximum absolute atomic E-state index is 5.76. The average Bonchev–Trinajstić information content (AvgIpc) is 2.42. The van der Waals surface area contributed by atoms with Crippen LogP contribution in [0.15, 0.2) is 0 Å². The summed E-state index contributed by atoms with van der Waals surface area (Å²) in [4.78, 5) is 3.37. The van der Waals surface area contributed by atoms with Gasteiger partial charge >= 0.3 is 0 Å². The number of hydrogen-bond donors (Lipinski definition) is 0. The summed E-state index contributed by atoms with van der Waals surface area (Å²) in [7, 11) is -0.614. The molecule has 0 aliphatic carbocycles. The van der Waals surface area contributed by atoms with Crippen molar-refractivity contribution in [1.29, 1.82) is 0 Å². The van der Waals surface area contributed by atoms with Gasteiger partial charge in [0.25, 0.3) is 0 Å². The first-order chi connectivity index (χ1) is 6.82. The summed E-state index contributed by atoms with van der Waals surface area (Å²) in [6, 6.07) is 0.548. The van der Waals surface area contributed by atoms with Gasteiger partial charge in [-0.25, -0.2) is 0 Å². The van der Waals surface area contributed by atoms with Gasteiger partial charge in [0.15, 0.2) is 0 Å². The van der Waals surface area contributed by atoms with E-state index >= 15 is 0 Å². The molecule has 2 nitrogen and oxygen atoms in total. The summed E-state index contributed by atoms with van der Waals surface area (Å²) in [5.74, 6) is 0. The standard InChI is InChI=1S/C11H22NOSSi/c1-11(2,3)9-6-7-10(14)12(9)8-13-15(4)5/h9H,6-8H2,1-5H3. The molecular weight excluding hydrogens is 222 g/mol. The van der Waals surface area contributed by atoms with Crippen molar-refractivity contribution < 1.29 is 4.43 Å². The molecule has 1 aliphatic heterocycles. The second kappa shape index (κ2) is 4.93. The maximum atomic E-state index is 5.76. The SMILES string of the molecule is C[Si](C)OCN1C(=S)CCC1C(C)(C)C. The molecule has 4 heteroatoms. The molecule has 0 amide bonds. The summed E-state index contributed by atoms with van der Waals surface area (Å²) >= 11 is 5.40. The van der Waals surface area contributed by atoms with Crippen molar-refractivity contribution in [2.24, 2.45) is 5.41 Å². The molecule has 1 aliphatic rings. The molecule has 0 saturated carbocycles. The van der Waals surface area contributed by atoms with Crippen molar-refractivity contribution in [3.8, 4) is 0 Å². The van der Waals surface area contributed by atoms with Gasteiger partial charge in [0.2, 0.25) is 9.04 Å². The number of thiocarbonyl (C=S) groups is 1. The van der Waals surface area contributed by atoms with E-state index in [0.717, 1.165) is 11.4 Å². The van der Waals surface area contributed by atoms with E-state index in [2.05, 4.69) is 38.8 Å². The topological polar surface area (TPSA) is 12.5 Å². The number of nitrogens with zero attached hydrogens (tertiary/aromatic N) is 1. The lowest BCUT2D eigenvalue weighted by atomic mass is 9.85. The molecule has 0 aromatic rings. The lowest BCUT2D eigenvalue weighted by molar-refractivity contribution is 0.106. The van der Waals surface area contributed by atoms with Crippen LogP contribution in [0, 0.1) is 5.41 Å². The monoisotopic (exact) mass is 244 g/mol. The van der Waals surface area contributed by atoms with Crippen LogP contribution < -0.4 is 0 Å². The van der Waals surface area contributed by atoms with Gasteiger partial charge in [-0.15, -0.1) is 0 Å². The van der Waals surface area contributed by atoms with Crippen LogP contribution in [-0.2, 0) is 4.43 Å². The lowest BCUT2D eigenvalue weighted by Gasteiger charge is -2.36. The Morgan fingerprint density at radius 1 is 1.47 bits per heavy atom. The van der Waals surface area contributed by atoms with Crippen molar-refractivity contribution in [1.82, 2.24) is 4.90 Å². The zero-order valence-electron chi connectivity index (χ0n) is 10.5. The van der Waals surface area contributed by atoms with Gasteiger partial charge in [-0.05, 0) is 31.4 Å². The fourth-order valence-electron chi connectivity index (χ4n) is 1.99. The van der Waals surface area contributed by atoms with Crippen LogP contribution in [0.2, 0.25) is 13.1 Å². The van der Waals surface area contributed by atoms with Crippen LogP contribution >= 0.6 is 12.2 Å². The minimum atomic E-state index is -0.614. The van der Waals surface area contributed by atoms with Crippen LogP contribution in [0.4, 0.5) is 0 Å². The molecule has 1 fully saturated rings. The fraction of sp³-hybridized carbons (Fsp3) is 0.909. The zero-order chi connectivity index (χ0) is 11.6. The summed E-state index contributed by atoms with van der Waals surface area (Å²) in [5, 5.41) is 0. The molecule has 1 heterocycles. The van der Waals surface area contributed by atoms with E-state index in [-0.39, 0.29) is 5.41 Å². The quantitative estimate of drug-likeness (QED) is 0.559. The predicted octanol–water partition coefficient (Wildman–Crippen LogP) is 3.05. The molecule has 1 saturated heterocycles. The van der Waals surface area contributed by atoms with Crippen molar-refractivity contribution in [2.45, 2.75) is 52.7 Å². The lowest BCUT2D eigenvalue weighted by Crippen LogP contribution is -2.42. The Bertz CT molecular complexity index is 237. The molecule has 0 aromatic heterocycles. The first kappa shape index (κ1) is 13.1. The number of rotatable bonds is 3. The van der Waals surface area contributed by atoms with E-state index < -0.39 is 9.04 Å². The maximum Gasteiger partial charge on any atom is 0.207 e. The van der Waals surface area contributed by atoms with Crippen LogP contribution in [0.5, 0.6) is 0 Å². The third kappa shape index (κ3) is 3.54. The molecule has 0 spiro atoms. The van der Waals surface area contributed by atoms with Crippen molar-refractivity contribution >= 4 is 26.2 Å². The van der Waals surface area contributed by atoms with Gasteiger partial charge in [-0.1, -0.05) is 33.0 Å². The minimum absolute atomic E-state index is 0.290. The van der Waals surface area contributed by atoms with Crippen molar-refractivity contribution in [3.05, 3.63) is 0 Å². The Balaban J connectivity index is 2.61. The molecule has 0 bridgehead atoms. The van der Waals surface area contributed by atoms with E-state index in [1.165, 1.54) is 6.42 Å². The van der Waals surface area contributed by atoms with E-state index in [1.54, 1.807) is 0 Å². The third-order valence-electron chi connectivity index (χ3n) is 2.82. The Morgan fingerprint density at radius 3 is 2.53 bits per heavy atom. The summed E-state index contributed by atoms with van der Waals surface area (Å²) in [6.07, 6.45) is 2.23. The van der Waals surface area contributed by atoms with Gasteiger partial charge in [-0.2, -0.15) is 0 Å². The number of likely N-dealkylation sites (tertiary alicyclic amines) is 1. The normalized spacial score (nSPS) is 22.9. The van der Waals surface area contributed by atoms with E-state index in [0.29, 0.717) is 12.8 Å². The van der Waals surface area contributed by atoms with Crippen molar-refractivity contribution in [2.75, 3.05) is 6.73 Å². The third-order valence-corrected chi connectivity index (χ3v) is 3.97. The molecule has 1 radical (unpaired) electrons. The fourth-order valence-corrected chi connectivity index (χ4v) is 2.69. The molecular formula is C11H22NOSSi. The van der Waals surface area contributed by atoms with Gasteiger partial charge in [0.05, 0.1) is 4.99 Å². The van der Waals surface area contributed by atoms with Crippen LogP contribution in [0.25, 0.3) is 0 Å². The smallest absolute Gasteiger partial charge is 0.207 e. The molecule has 15 heavy (non-hydrogen) atoms. The molecule has 0 N–H and O–H groups in total. The Hall–Kier alpha value is 0.0669. The molecule has 1 atom stereocenters. The highest BCUT2D eigenvalue weighted by molar-refractivity contribution is 7.80. The largest absolute Gasteiger partial charge is 0.400 e. The van der Waals surface area contributed by atoms with E-state index in [4.69, 9.17) is 16.6 Å². The highest BCUT2D eigenvalue weighted by atomic mass is 32.1. The van der Waals surface area contributed by atoms with E-state index in [1.807, 2.05) is 0 Å². The van der Waals surface area contributed by atoms with Gasteiger partial charge < -0.3 is 9.33 Å². The van der Waals surface area contributed by atoms with Gasteiger partial charge in [-0.3, -0.25) is 0 Å². The Kier molecular flexibility index (Phi) is 4.32. The minimum Gasteiger partial charge on any atom is -0.400 e. The summed E-state index contributed by atoms with van der Waals surface area (Å²) in [5.41, 5.74) is 0.290. The first-order valence-corrected chi connectivity index (χ1v) is 8.36. The van der Waals surface area contributed by atoms with Gasteiger partial charge in [0.1, 0.15) is 6.73 Å². The molecule has 1 rings (SSSR count). The highest BCUT2D eigenvalue weighted by Gasteiger charge is 2.36. The van der Waals surface area contributed by atoms with Crippen molar-refractivity contribution in [3.63, 3.8) is 0 Å². The second-order valence-electron chi connectivity index (χ2n) is 5.47.